The predicted molar refractivity (Wildman–Crippen MR) is 110 cm³/mol. The molecule has 2 aromatic carbocycles. The molecule has 0 aliphatic carbocycles. The highest BCUT2D eigenvalue weighted by Crippen LogP contribution is 2.28. The summed E-state index contributed by atoms with van der Waals surface area (Å²) in [5.74, 6) is 0.971. The van der Waals surface area contributed by atoms with E-state index in [4.69, 9.17) is 4.74 Å². The Hall–Kier alpha value is -2.33. The van der Waals surface area contributed by atoms with Crippen LogP contribution in [0.1, 0.15) is 37.3 Å². The Balaban J connectivity index is 1.67. The fraction of sp³-hybridized carbons (Fsp3) is 0.435. The van der Waals surface area contributed by atoms with Crippen LogP contribution in [-0.4, -0.2) is 37.0 Å². The smallest absolute Gasteiger partial charge is 0.226 e. The van der Waals surface area contributed by atoms with Gasteiger partial charge in [0.25, 0.3) is 0 Å². The molecule has 0 bridgehead atoms. The van der Waals surface area contributed by atoms with E-state index in [2.05, 4.69) is 36.1 Å². The summed E-state index contributed by atoms with van der Waals surface area (Å²) in [5, 5.41) is 0. The number of ether oxygens (including phenoxy) is 1. The Bertz CT molecular complexity index is 749. The van der Waals surface area contributed by atoms with E-state index in [1.54, 1.807) is 7.11 Å². The van der Waals surface area contributed by atoms with Crippen LogP contribution in [0.3, 0.4) is 0 Å². The van der Waals surface area contributed by atoms with Crippen LogP contribution in [0.4, 0.5) is 5.69 Å². The monoisotopic (exact) mass is 366 g/mol. The molecular weight excluding hydrogens is 336 g/mol. The molecule has 0 radical (unpaired) electrons. The highest BCUT2D eigenvalue weighted by molar-refractivity contribution is 5.94. The normalized spacial score (nSPS) is 15.5. The summed E-state index contributed by atoms with van der Waals surface area (Å²) in [5.41, 5.74) is 3.59. The lowest BCUT2D eigenvalue weighted by atomic mass is 10.0. The molecule has 4 nitrogen and oxygen atoms in total. The second-order valence-corrected chi connectivity index (χ2v) is 7.31. The summed E-state index contributed by atoms with van der Waals surface area (Å²) in [7, 11) is 1.66. The maximum absolute atomic E-state index is 12.7. The van der Waals surface area contributed by atoms with Crippen LogP contribution in [-0.2, 0) is 11.3 Å². The van der Waals surface area contributed by atoms with Gasteiger partial charge in [0.2, 0.25) is 5.91 Å². The molecule has 1 saturated heterocycles. The van der Waals surface area contributed by atoms with Crippen LogP contribution in [0.5, 0.6) is 5.75 Å². The highest BCUT2D eigenvalue weighted by atomic mass is 16.5. The van der Waals surface area contributed by atoms with Gasteiger partial charge in [-0.1, -0.05) is 42.8 Å². The van der Waals surface area contributed by atoms with Gasteiger partial charge in [-0.05, 0) is 37.5 Å². The molecule has 1 aliphatic rings. The first-order valence-corrected chi connectivity index (χ1v) is 9.84. The van der Waals surface area contributed by atoms with E-state index in [-0.39, 0.29) is 11.9 Å². The van der Waals surface area contributed by atoms with Crippen LogP contribution in [0, 0.1) is 6.92 Å². The summed E-state index contributed by atoms with van der Waals surface area (Å²) < 4.78 is 5.35. The van der Waals surface area contributed by atoms with Crippen LogP contribution in [0.2, 0.25) is 0 Å². The standard InChI is InChI=1S/C23H30N2O2/c1-4-23(26)25(21-6-5-7-22(16-21)27-3)20-12-14-24(15-13-20)17-19-10-8-18(2)9-11-19/h5-11,16,20H,4,12-15,17H2,1-3H3. The second-order valence-electron chi connectivity index (χ2n) is 7.31. The number of piperidine rings is 1. The number of benzene rings is 2. The molecule has 0 saturated carbocycles. The lowest BCUT2D eigenvalue weighted by molar-refractivity contribution is -0.119. The van der Waals surface area contributed by atoms with Gasteiger partial charge >= 0.3 is 0 Å². The summed E-state index contributed by atoms with van der Waals surface area (Å²) in [6, 6.07) is 16.9. The van der Waals surface area contributed by atoms with Gasteiger partial charge in [0.1, 0.15) is 5.75 Å². The molecule has 0 atom stereocenters. The Kier molecular flexibility index (Phi) is 6.51. The predicted octanol–water partition coefficient (Wildman–Crippen LogP) is 4.41. The minimum absolute atomic E-state index is 0.181. The average Bonchev–Trinajstić information content (AvgIpc) is 2.71. The number of hydrogen-bond donors (Lipinski definition) is 0. The fourth-order valence-electron chi connectivity index (χ4n) is 3.78. The molecule has 2 aromatic rings. The Labute approximate surface area is 162 Å². The molecule has 0 unspecified atom stereocenters. The van der Waals surface area contributed by atoms with Crippen molar-refractivity contribution in [2.45, 2.75) is 45.7 Å². The first kappa shape index (κ1) is 19.4. The van der Waals surface area contributed by atoms with Crippen LogP contribution in [0.25, 0.3) is 0 Å². The van der Waals surface area contributed by atoms with Crippen molar-refractivity contribution in [1.82, 2.24) is 4.90 Å². The van der Waals surface area contributed by atoms with Crippen molar-refractivity contribution in [2.24, 2.45) is 0 Å². The molecule has 0 aromatic heterocycles. The first-order chi connectivity index (χ1) is 13.1. The van der Waals surface area contributed by atoms with E-state index in [0.717, 1.165) is 43.9 Å². The molecular formula is C23H30N2O2. The molecule has 0 N–H and O–H groups in total. The zero-order valence-electron chi connectivity index (χ0n) is 16.6. The quantitative estimate of drug-likeness (QED) is 0.759. The molecule has 27 heavy (non-hydrogen) atoms. The minimum Gasteiger partial charge on any atom is -0.497 e. The van der Waals surface area contributed by atoms with Gasteiger partial charge in [0.05, 0.1) is 7.11 Å². The van der Waals surface area contributed by atoms with Crippen molar-refractivity contribution in [2.75, 3.05) is 25.1 Å². The molecule has 4 heteroatoms. The van der Waals surface area contributed by atoms with Gasteiger partial charge in [-0.2, -0.15) is 0 Å². The first-order valence-electron chi connectivity index (χ1n) is 9.84. The Morgan fingerprint density at radius 2 is 1.85 bits per heavy atom. The molecule has 1 amide bonds. The van der Waals surface area contributed by atoms with E-state index in [1.165, 1.54) is 11.1 Å². The molecule has 1 fully saturated rings. The summed E-state index contributed by atoms with van der Waals surface area (Å²) >= 11 is 0. The number of amides is 1. The molecule has 144 valence electrons. The number of carbonyl (C=O) groups is 1. The molecule has 1 heterocycles. The van der Waals surface area contributed by atoms with Gasteiger partial charge in [-0.25, -0.2) is 0 Å². The number of hydrogen-bond acceptors (Lipinski definition) is 3. The van der Waals surface area contributed by atoms with Crippen molar-refractivity contribution in [3.63, 3.8) is 0 Å². The van der Waals surface area contributed by atoms with E-state index in [9.17, 15) is 4.79 Å². The zero-order chi connectivity index (χ0) is 19.2. The maximum atomic E-state index is 12.7. The SMILES string of the molecule is CCC(=O)N(c1cccc(OC)c1)C1CCN(Cc2ccc(C)cc2)CC1. The van der Waals surface area contributed by atoms with E-state index >= 15 is 0 Å². The van der Waals surface area contributed by atoms with Crippen molar-refractivity contribution < 1.29 is 9.53 Å². The minimum atomic E-state index is 0.181. The second kappa shape index (κ2) is 9.05. The third-order valence-corrected chi connectivity index (χ3v) is 5.35. The zero-order valence-corrected chi connectivity index (χ0v) is 16.6. The number of likely N-dealkylation sites (tertiary alicyclic amines) is 1. The maximum Gasteiger partial charge on any atom is 0.226 e. The Morgan fingerprint density at radius 1 is 1.15 bits per heavy atom. The lowest BCUT2D eigenvalue weighted by Crippen LogP contribution is -2.47. The topological polar surface area (TPSA) is 32.8 Å². The van der Waals surface area contributed by atoms with Gasteiger partial charge in [0, 0.05) is 43.9 Å². The van der Waals surface area contributed by atoms with Crippen LogP contribution < -0.4 is 9.64 Å². The van der Waals surface area contributed by atoms with E-state index < -0.39 is 0 Å². The van der Waals surface area contributed by atoms with Crippen molar-refractivity contribution >= 4 is 11.6 Å². The average molecular weight is 367 g/mol. The number of anilines is 1. The van der Waals surface area contributed by atoms with E-state index in [1.807, 2.05) is 36.1 Å². The van der Waals surface area contributed by atoms with Crippen LogP contribution in [0.15, 0.2) is 48.5 Å². The summed E-state index contributed by atoms with van der Waals surface area (Å²) in [6.07, 6.45) is 2.50. The molecule has 1 aliphatic heterocycles. The highest BCUT2D eigenvalue weighted by Gasteiger charge is 2.28. The van der Waals surface area contributed by atoms with Crippen LogP contribution >= 0.6 is 0 Å². The van der Waals surface area contributed by atoms with Crippen molar-refractivity contribution in [3.05, 3.63) is 59.7 Å². The number of carbonyl (C=O) groups excluding carboxylic acids is 1. The van der Waals surface area contributed by atoms with Gasteiger partial charge in [0.15, 0.2) is 0 Å². The molecule has 3 rings (SSSR count). The fourth-order valence-corrected chi connectivity index (χ4v) is 3.78. The van der Waals surface area contributed by atoms with Crippen molar-refractivity contribution in [3.8, 4) is 5.75 Å². The largest absolute Gasteiger partial charge is 0.497 e. The van der Waals surface area contributed by atoms with E-state index in [0.29, 0.717) is 6.42 Å². The molecule has 0 spiro atoms. The van der Waals surface area contributed by atoms with Gasteiger partial charge < -0.3 is 9.64 Å². The Morgan fingerprint density at radius 3 is 2.48 bits per heavy atom. The number of nitrogens with zero attached hydrogens (tertiary/aromatic N) is 2. The summed E-state index contributed by atoms with van der Waals surface area (Å²) in [4.78, 5) is 17.2. The third kappa shape index (κ3) is 4.89. The number of methoxy groups -OCH3 is 1. The number of rotatable bonds is 6. The lowest BCUT2D eigenvalue weighted by Gasteiger charge is -2.38. The third-order valence-electron chi connectivity index (χ3n) is 5.35. The van der Waals surface area contributed by atoms with Gasteiger partial charge in [-0.15, -0.1) is 0 Å². The summed E-state index contributed by atoms with van der Waals surface area (Å²) in [6.45, 7) is 7.05. The van der Waals surface area contributed by atoms with Crippen molar-refractivity contribution in [1.29, 1.82) is 0 Å². The van der Waals surface area contributed by atoms with Gasteiger partial charge in [-0.3, -0.25) is 9.69 Å². The number of aryl methyl sites for hydroxylation is 1.